The summed E-state index contributed by atoms with van der Waals surface area (Å²) in [5.74, 6) is -0.971. The Morgan fingerprint density at radius 3 is 2.37 bits per heavy atom. The van der Waals surface area contributed by atoms with Crippen LogP contribution in [-0.4, -0.2) is 17.5 Å². The number of nitrogens with one attached hydrogen (secondary N) is 1. The molecule has 2 saturated carbocycles. The van der Waals surface area contributed by atoms with Gasteiger partial charge in [-0.3, -0.25) is 9.59 Å². The number of halogens is 1. The van der Waals surface area contributed by atoms with Gasteiger partial charge >= 0.3 is 5.97 Å². The summed E-state index contributed by atoms with van der Waals surface area (Å²) in [5.41, 5.74) is 1.82. The first-order valence-corrected chi connectivity index (χ1v) is 12.7. The Balaban J connectivity index is 1.53. The fraction of sp³-hybridized carbons (Fsp3) is 0.467. The molecule has 0 spiro atoms. The van der Waals surface area contributed by atoms with Gasteiger partial charge in [0.25, 0.3) is 0 Å². The molecule has 0 bridgehead atoms. The van der Waals surface area contributed by atoms with Crippen LogP contribution in [0.3, 0.4) is 0 Å². The summed E-state index contributed by atoms with van der Waals surface area (Å²) in [6.07, 6.45) is 7.95. The van der Waals surface area contributed by atoms with E-state index in [2.05, 4.69) is 11.9 Å². The molecule has 1 amide bonds. The van der Waals surface area contributed by atoms with E-state index in [1.807, 2.05) is 45.0 Å². The van der Waals surface area contributed by atoms with Crippen molar-refractivity contribution in [2.24, 2.45) is 11.3 Å². The lowest BCUT2D eigenvalue weighted by Crippen LogP contribution is -2.31. The van der Waals surface area contributed by atoms with E-state index in [-0.39, 0.29) is 29.4 Å². The highest BCUT2D eigenvalue weighted by Gasteiger charge is 2.52. The molecule has 1 atom stereocenters. The first-order chi connectivity index (χ1) is 16.6. The van der Waals surface area contributed by atoms with Crippen molar-refractivity contribution in [3.05, 3.63) is 71.6 Å². The quantitative estimate of drug-likeness (QED) is 0.415. The van der Waals surface area contributed by atoms with E-state index in [4.69, 9.17) is 4.74 Å². The van der Waals surface area contributed by atoms with Crippen molar-refractivity contribution in [1.29, 1.82) is 0 Å². The van der Waals surface area contributed by atoms with Crippen LogP contribution in [0.15, 0.2) is 49.0 Å². The van der Waals surface area contributed by atoms with Crippen molar-refractivity contribution < 1.29 is 18.7 Å². The lowest BCUT2D eigenvalue weighted by atomic mass is 9.83. The molecule has 2 fully saturated rings. The minimum atomic E-state index is -0.550. The van der Waals surface area contributed by atoms with E-state index in [1.165, 1.54) is 6.07 Å². The van der Waals surface area contributed by atoms with Crippen molar-refractivity contribution >= 4 is 23.6 Å². The third-order valence-electron chi connectivity index (χ3n) is 7.20. The molecule has 4 rings (SSSR count). The van der Waals surface area contributed by atoms with E-state index in [9.17, 15) is 14.0 Å². The Bertz CT molecular complexity index is 1090. The van der Waals surface area contributed by atoms with Gasteiger partial charge in [-0.2, -0.15) is 0 Å². The molecule has 0 aromatic heterocycles. The fourth-order valence-electron chi connectivity index (χ4n) is 5.14. The van der Waals surface area contributed by atoms with Gasteiger partial charge in [0.15, 0.2) is 0 Å². The van der Waals surface area contributed by atoms with Crippen molar-refractivity contribution in [1.82, 2.24) is 0 Å². The van der Waals surface area contributed by atoms with Crippen molar-refractivity contribution in [2.75, 3.05) is 5.32 Å². The van der Waals surface area contributed by atoms with Crippen LogP contribution in [0, 0.1) is 17.2 Å². The van der Waals surface area contributed by atoms with Crippen molar-refractivity contribution in [3.8, 4) is 0 Å². The molecule has 0 saturated heterocycles. The highest BCUT2D eigenvalue weighted by molar-refractivity contribution is 5.96. The van der Waals surface area contributed by atoms with E-state index >= 15 is 0 Å². The second-order valence-electron chi connectivity index (χ2n) is 11.2. The molecule has 2 aromatic rings. The average molecular weight is 478 g/mol. The SMILES string of the molecule is C=Cc1ccc(C(C(=O)Nc2cc(CC3(C(=O)OC(C)(C)C)CC3)ccc2F)C2CCCC2)cc1. The third-order valence-corrected chi connectivity index (χ3v) is 7.20. The number of ether oxygens (including phenoxy) is 1. The summed E-state index contributed by atoms with van der Waals surface area (Å²) in [6.45, 7) is 9.38. The summed E-state index contributed by atoms with van der Waals surface area (Å²) < 4.78 is 20.4. The Kier molecular flexibility index (Phi) is 7.16. The van der Waals surface area contributed by atoms with Gasteiger partial charge in [0.1, 0.15) is 11.4 Å². The number of hydrogen-bond donors (Lipinski definition) is 1. The van der Waals surface area contributed by atoms with Crippen molar-refractivity contribution in [3.63, 3.8) is 0 Å². The standard InChI is InChI=1S/C30H36FNO3/c1-5-20-10-13-23(14-11-20)26(22-8-6-7-9-22)27(33)32-25-18-21(12-15-24(25)31)19-30(16-17-30)28(34)35-29(2,3)4/h5,10-15,18,22,26H,1,6-9,16-17,19H2,2-4H3,(H,32,33). The third kappa shape index (κ3) is 6.01. The summed E-state index contributed by atoms with van der Waals surface area (Å²) in [7, 11) is 0. The number of amides is 1. The molecule has 1 N–H and O–H groups in total. The van der Waals surface area contributed by atoms with Gasteiger partial charge in [-0.05, 0) is 87.6 Å². The van der Waals surface area contributed by atoms with Crippen LogP contribution in [0.1, 0.15) is 81.9 Å². The van der Waals surface area contributed by atoms with Gasteiger partial charge in [-0.15, -0.1) is 0 Å². The topological polar surface area (TPSA) is 55.4 Å². The van der Waals surface area contributed by atoms with Gasteiger partial charge in [0, 0.05) is 0 Å². The number of esters is 1. The number of anilines is 1. The Morgan fingerprint density at radius 1 is 1.14 bits per heavy atom. The predicted molar refractivity (Wildman–Crippen MR) is 137 cm³/mol. The van der Waals surface area contributed by atoms with E-state index in [0.717, 1.165) is 55.2 Å². The normalized spacial score (nSPS) is 18.1. The summed E-state index contributed by atoms with van der Waals surface area (Å²) >= 11 is 0. The van der Waals surface area contributed by atoms with E-state index in [1.54, 1.807) is 18.2 Å². The van der Waals surface area contributed by atoms with Crippen LogP contribution in [0.25, 0.3) is 6.08 Å². The highest BCUT2D eigenvalue weighted by atomic mass is 19.1. The second kappa shape index (κ2) is 9.96. The number of hydrogen-bond acceptors (Lipinski definition) is 3. The molecule has 2 aromatic carbocycles. The molecule has 4 nitrogen and oxygen atoms in total. The zero-order valence-electron chi connectivity index (χ0n) is 21.0. The number of benzene rings is 2. The summed E-state index contributed by atoms with van der Waals surface area (Å²) in [4.78, 5) is 26.3. The maximum absolute atomic E-state index is 14.8. The lowest BCUT2D eigenvalue weighted by Gasteiger charge is -2.25. The molecule has 35 heavy (non-hydrogen) atoms. The van der Waals surface area contributed by atoms with Gasteiger partial charge in [-0.1, -0.05) is 55.8 Å². The van der Waals surface area contributed by atoms with Crippen LogP contribution in [-0.2, 0) is 20.7 Å². The molecule has 1 unspecified atom stereocenters. The van der Waals surface area contributed by atoms with Crippen LogP contribution >= 0.6 is 0 Å². The largest absolute Gasteiger partial charge is 0.460 e. The molecule has 186 valence electrons. The van der Waals surface area contributed by atoms with Crippen LogP contribution in [0.4, 0.5) is 10.1 Å². The highest BCUT2D eigenvalue weighted by Crippen LogP contribution is 2.50. The smallest absolute Gasteiger partial charge is 0.312 e. The van der Waals surface area contributed by atoms with Crippen molar-refractivity contribution in [2.45, 2.75) is 77.2 Å². The minimum absolute atomic E-state index is 0.165. The molecule has 0 aliphatic heterocycles. The summed E-state index contributed by atoms with van der Waals surface area (Å²) in [6, 6.07) is 12.6. The number of rotatable bonds is 8. The van der Waals surface area contributed by atoms with E-state index in [0.29, 0.717) is 6.42 Å². The fourth-order valence-corrected chi connectivity index (χ4v) is 5.14. The molecule has 2 aliphatic rings. The average Bonchev–Trinajstić information content (AvgIpc) is 3.39. The molecular weight excluding hydrogens is 441 g/mol. The zero-order valence-corrected chi connectivity index (χ0v) is 21.0. The van der Waals surface area contributed by atoms with E-state index < -0.39 is 16.8 Å². The molecule has 5 heteroatoms. The maximum atomic E-state index is 14.8. The Labute approximate surface area is 208 Å². The zero-order chi connectivity index (χ0) is 25.2. The molecule has 0 radical (unpaired) electrons. The van der Waals surface area contributed by atoms with Crippen LogP contribution < -0.4 is 5.32 Å². The van der Waals surface area contributed by atoms with Gasteiger partial charge in [-0.25, -0.2) is 4.39 Å². The van der Waals surface area contributed by atoms with Gasteiger partial charge < -0.3 is 10.1 Å². The minimum Gasteiger partial charge on any atom is -0.460 e. The Hall–Kier alpha value is -2.95. The predicted octanol–water partition coefficient (Wildman–Crippen LogP) is 7.05. The van der Waals surface area contributed by atoms with Gasteiger partial charge in [0.2, 0.25) is 5.91 Å². The maximum Gasteiger partial charge on any atom is 0.312 e. The first kappa shape index (κ1) is 25.2. The van der Waals surface area contributed by atoms with Gasteiger partial charge in [0.05, 0.1) is 17.0 Å². The molecule has 2 aliphatic carbocycles. The first-order valence-electron chi connectivity index (χ1n) is 12.7. The lowest BCUT2D eigenvalue weighted by molar-refractivity contribution is -0.161. The second-order valence-corrected chi connectivity index (χ2v) is 11.2. The number of carbonyl (C=O) groups excluding carboxylic acids is 2. The molecule has 0 heterocycles. The number of carbonyl (C=O) groups is 2. The summed E-state index contributed by atoms with van der Waals surface area (Å²) in [5, 5.41) is 2.88. The molecular formula is C30H36FNO3. The van der Waals surface area contributed by atoms with Crippen LogP contribution in [0.2, 0.25) is 0 Å². The monoisotopic (exact) mass is 477 g/mol. The van der Waals surface area contributed by atoms with Crippen LogP contribution in [0.5, 0.6) is 0 Å². The Morgan fingerprint density at radius 2 is 1.80 bits per heavy atom.